The molecule has 0 saturated carbocycles. The van der Waals surface area contributed by atoms with E-state index in [0.717, 1.165) is 42.5 Å². The predicted molar refractivity (Wildman–Crippen MR) is 91.2 cm³/mol. The number of aromatic amines is 1. The molecule has 1 aliphatic heterocycles. The van der Waals surface area contributed by atoms with Crippen molar-refractivity contribution in [1.82, 2.24) is 25.3 Å². The van der Waals surface area contributed by atoms with Crippen LogP contribution in [0.4, 0.5) is 10.2 Å². The molecule has 1 aliphatic rings. The fourth-order valence-electron chi connectivity index (χ4n) is 3.10. The first kappa shape index (κ1) is 15.0. The van der Waals surface area contributed by atoms with Crippen molar-refractivity contribution in [3.63, 3.8) is 0 Å². The number of hydrogen-bond acceptors (Lipinski definition) is 5. The predicted octanol–water partition coefficient (Wildman–Crippen LogP) is 2.57. The smallest absolute Gasteiger partial charge is 0.183 e. The lowest BCUT2D eigenvalue weighted by Gasteiger charge is -2.23. The monoisotopic (exact) mass is 326 g/mol. The van der Waals surface area contributed by atoms with Gasteiger partial charge in [0.25, 0.3) is 0 Å². The number of halogens is 1. The molecule has 0 unspecified atom stereocenters. The molecule has 124 valence electrons. The molecule has 1 fully saturated rings. The van der Waals surface area contributed by atoms with Crippen molar-refractivity contribution in [2.24, 2.45) is 5.92 Å². The average molecular weight is 326 g/mol. The van der Waals surface area contributed by atoms with Gasteiger partial charge in [0, 0.05) is 29.9 Å². The molecule has 4 heterocycles. The lowest BCUT2D eigenvalue weighted by Crippen LogP contribution is -2.33. The van der Waals surface area contributed by atoms with E-state index in [1.807, 2.05) is 12.1 Å². The summed E-state index contributed by atoms with van der Waals surface area (Å²) in [7, 11) is 0. The van der Waals surface area contributed by atoms with Crippen LogP contribution in [0.15, 0.2) is 30.7 Å². The second-order valence-electron chi connectivity index (χ2n) is 6.09. The highest BCUT2D eigenvalue weighted by Gasteiger charge is 2.16. The lowest BCUT2D eigenvalue weighted by atomic mass is 10.00. The van der Waals surface area contributed by atoms with Gasteiger partial charge in [-0.2, -0.15) is 0 Å². The van der Waals surface area contributed by atoms with Crippen LogP contribution in [0.3, 0.4) is 0 Å². The minimum atomic E-state index is -0.430. The normalized spacial score (nSPS) is 18.0. The van der Waals surface area contributed by atoms with Crippen LogP contribution < -0.4 is 10.6 Å². The summed E-state index contributed by atoms with van der Waals surface area (Å²) >= 11 is 0. The van der Waals surface area contributed by atoms with Gasteiger partial charge in [0.15, 0.2) is 17.5 Å². The van der Waals surface area contributed by atoms with Crippen molar-refractivity contribution in [3.8, 4) is 11.4 Å². The minimum Gasteiger partial charge on any atom is -0.367 e. The van der Waals surface area contributed by atoms with E-state index in [1.165, 1.54) is 6.20 Å². The third kappa shape index (κ3) is 2.94. The van der Waals surface area contributed by atoms with Crippen LogP contribution >= 0.6 is 0 Å². The number of fused-ring (bicyclic) bond motifs is 1. The molecule has 0 aromatic carbocycles. The van der Waals surface area contributed by atoms with E-state index in [-0.39, 0.29) is 5.82 Å². The Morgan fingerprint density at radius 3 is 3.17 bits per heavy atom. The molecule has 0 radical (unpaired) electrons. The third-order valence-electron chi connectivity index (χ3n) is 4.39. The van der Waals surface area contributed by atoms with Crippen LogP contribution in [-0.4, -0.2) is 39.6 Å². The van der Waals surface area contributed by atoms with E-state index >= 15 is 0 Å². The highest BCUT2D eigenvalue weighted by molar-refractivity contribution is 5.91. The van der Waals surface area contributed by atoms with E-state index in [1.54, 1.807) is 12.4 Å². The number of aromatic nitrogens is 4. The number of nitrogens with zero attached hydrogens (tertiary/aromatic N) is 3. The van der Waals surface area contributed by atoms with Crippen LogP contribution in [0.5, 0.6) is 0 Å². The average Bonchev–Trinajstić information content (AvgIpc) is 3.06. The summed E-state index contributed by atoms with van der Waals surface area (Å²) in [5, 5.41) is 7.43. The quantitative estimate of drug-likeness (QED) is 0.687. The first-order valence-electron chi connectivity index (χ1n) is 8.21. The van der Waals surface area contributed by atoms with E-state index < -0.39 is 5.82 Å². The number of hydrogen-bond donors (Lipinski definition) is 3. The zero-order valence-electron chi connectivity index (χ0n) is 13.2. The fourth-order valence-corrected chi connectivity index (χ4v) is 3.10. The molecule has 3 aromatic heterocycles. The molecular formula is C17H19FN6. The van der Waals surface area contributed by atoms with Gasteiger partial charge >= 0.3 is 0 Å². The number of anilines is 1. The molecule has 0 amide bonds. The summed E-state index contributed by atoms with van der Waals surface area (Å²) < 4.78 is 14.1. The van der Waals surface area contributed by atoms with Gasteiger partial charge in [-0.25, -0.2) is 19.3 Å². The SMILES string of the molecule is Fc1cnc(-c2c[nH]c3ncccc23)nc1NC[C@H]1CCCNC1. The Morgan fingerprint density at radius 1 is 1.33 bits per heavy atom. The Kier molecular flexibility index (Phi) is 4.08. The maximum absolute atomic E-state index is 14.1. The molecule has 0 bridgehead atoms. The summed E-state index contributed by atoms with van der Waals surface area (Å²) in [5.41, 5.74) is 1.59. The topological polar surface area (TPSA) is 78.5 Å². The Hall–Kier alpha value is -2.54. The fraction of sp³-hybridized carbons (Fsp3) is 0.353. The molecule has 7 heteroatoms. The highest BCUT2D eigenvalue weighted by Crippen LogP contribution is 2.26. The standard InChI is InChI=1S/C17H19FN6/c18-14-10-23-16(13-9-22-15-12(13)4-2-6-20-15)24-17(14)21-8-11-3-1-5-19-7-11/h2,4,6,9-11,19H,1,3,5,7-8H2,(H,20,22)(H,21,23,24)/t11-/m0/s1. The molecule has 1 atom stereocenters. The van der Waals surface area contributed by atoms with Gasteiger partial charge in [-0.3, -0.25) is 0 Å². The largest absolute Gasteiger partial charge is 0.367 e. The number of piperidine rings is 1. The van der Waals surface area contributed by atoms with Gasteiger partial charge in [-0.1, -0.05) is 0 Å². The van der Waals surface area contributed by atoms with Crippen LogP contribution in [0.1, 0.15) is 12.8 Å². The van der Waals surface area contributed by atoms with Gasteiger partial charge in [0.05, 0.1) is 6.20 Å². The molecule has 6 nitrogen and oxygen atoms in total. The van der Waals surface area contributed by atoms with Crippen molar-refractivity contribution in [2.45, 2.75) is 12.8 Å². The van der Waals surface area contributed by atoms with Crippen molar-refractivity contribution in [1.29, 1.82) is 0 Å². The second-order valence-corrected chi connectivity index (χ2v) is 6.09. The van der Waals surface area contributed by atoms with Crippen LogP contribution in [0.25, 0.3) is 22.4 Å². The van der Waals surface area contributed by atoms with E-state index in [4.69, 9.17) is 0 Å². The molecule has 4 rings (SSSR count). The van der Waals surface area contributed by atoms with Crippen LogP contribution in [-0.2, 0) is 0 Å². The first-order valence-corrected chi connectivity index (χ1v) is 8.21. The van der Waals surface area contributed by atoms with Crippen molar-refractivity contribution in [2.75, 3.05) is 25.0 Å². The summed E-state index contributed by atoms with van der Waals surface area (Å²) in [6, 6.07) is 3.81. The van der Waals surface area contributed by atoms with Crippen molar-refractivity contribution in [3.05, 3.63) is 36.5 Å². The van der Waals surface area contributed by atoms with Gasteiger partial charge < -0.3 is 15.6 Å². The zero-order chi connectivity index (χ0) is 16.4. The Bertz CT molecular complexity index is 840. The zero-order valence-corrected chi connectivity index (χ0v) is 13.2. The molecule has 0 spiro atoms. The summed E-state index contributed by atoms with van der Waals surface area (Å²) in [5.74, 6) is 0.804. The Balaban J connectivity index is 1.58. The lowest BCUT2D eigenvalue weighted by molar-refractivity contribution is 0.392. The minimum absolute atomic E-state index is 0.254. The second kappa shape index (κ2) is 6.52. The van der Waals surface area contributed by atoms with Crippen LogP contribution in [0, 0.1) is 11.7 Å². The van der Waals surface area contributed by atoms with Crippen molar-refractivity contribution < 1.29 is 4.39 Å². The van der Waals surface area contributed by atoms with E-state index in [9.17, 15) is 4.39 Å². The van der Waals surface area contributed by atoms with E-state index in [0.29, 0.717) is 18.3 Å². The van der Waals surface area contributed by atoms with Gasteiger partial charge in [0.1, 0.15) is 5.65 Å². The molecule has 3 N–H and O–H groups in total. The van der Waals surface area contributed by atoms with Gasteiger partial charge in [-0.15, -0.1) is 0 Å². The number of H-pyrrole nitrogens is 1. The number of rotatable bonds is 4. The summed E-state index contributed by atoms with van der Waals surface area (Å²) in [4.78, 5) is 15.9. The highest BCUT2D eigenvalue weighted by atomic mass is 19.1. The first-order chi connectivity index (χ1) is 11.8. The molecule has 0 aliphatic carbocycles. The number of pyridine rings is 1. The van der Waals surface area contributed by atoms with Gasteiger partial charge in [0.2, 0.25) is 0 Å². The Labute approximate surface area is 138 Å². The summed E-state index contributed by atoms with van der Waals surface area (Å²) in [6.07, 6.45) is 7.05. The van der Waals surface area contributed by atoms with Crippen molar-refractivity contribution >= 4 is 16.9 Å². The Morgan fingerprint density at radius 2 is 2.29 bits per heavy atom. The maximum atomic E-state index is 14.1. The molecular weight excluding hydrogens is 307 g/mol. The third-order valence-corrected chi connectivity index (χ3v) is 4.39. The summed E-state index contributed by atoms with van der Waals surface area (Å²) in [6.45, 7) is 2.73. The van der Waals surface area contributed by atoms with E-state index in [2.05, 4.69) is 30.6 Å². The molecule has 1 saturated heterocycles. The maximum Gasteiger partial charge on any atom is 0.183 e. The molecule has 3 aromatic rings. The van der Waals surface area contributed by atoms with Gasteiger partial charge in [-0.05, 0) is 44.0 Å². The molecule has 24 heavy (non-hydrogen) atoms. The number of nitrogens with one attached hydrogen (secondary N) is 3. The van der Waals surface area contributed by atoms with Crippen LogP contribution in [0.2, 0.25) is 0 Å².